The summed E-state index contributed by atoms with van der Waals surface area (Å²) in [6, 6.07) is 8.00. The van der Waals surface area contributed by atoms with E-state index in [1.165, 1.54) is 0 Å². The number of rotatable bonds is 8. The molecule has 5 heteroatoms. The summed E-state index contributed by atoms with van der Waals surface area (Å²) in [6.45, 7) is 11.2. The molecule has 110 valence electrons. The third-order valence-corrected chi connectivity index (χ3v) is 4.47. The Labute approximate surface area is 121 Å². The van der Waals surface area contributed by atoms with Crippen LogP contribution >= 0.6 is 0 Å². The van der Waals surface area contributed by atoms with Crippen LogP contribution in [0.5, 0.6) is 5.75 Å². The van der Waals surface area contributed by atoms with Gasteiger partial charge in [-0.1, -0.05) is 44.4 Å². The molecule has 1 aromatic rings. The van der Waals surface area contributed by atoms with E-state index in [0.717, 1.165) is 6.04 Å². The van der Waals surface area contributed by atoms with E-state index >= 15 is 0 Å². The molecule has 1 aromatic carbocycles. The highest BCUT2D eigenvalue weighted by molar-refractivity contribution is 6.76. The topological polar surface area (TPSA) is 55.8 Å². The summed E-state index contributed by atoms with van der Waals surface area (Å²) in [5.41, 5.74) is 0.497. The number of ether oxygens (including phenoxy) is 2. The average Bonchev–Trinajstić information content (AvgIpc) is 2.36. The zero-order chi connectivity index (χ0) is 15.2. The monoisotopic (exact) mass is 294 g/mol. The number of para-hydroxylation sites is 1. The van der Waals surface area contributed by atoms with Crippen molar-refractivity contribution in [1.82, 2.24) is 0 Å². The van der Waals surface area contributed by atoms with Crippen molar-refractivity contribution in [2.45, 2.75) is 25.7 Å². The van der Waals surface area contributed by atoms with Gasteiger partial charge in [0.05, 0.1) is 5.57 Å². The van der Waals surface area contributed by atoms with Crippen LogP contribution in [-0.4, -0.2) is 32.5 Å². The zero-order valence-electron chi connectivity index (χ0n) is 12.3. The summed E-state index contributed by atoms with van der Waals surface area (Å²) < 4.78 is 10.9. The molecular formula is C15H22O4Si. The molecule has 0 saturated carbocycles. The lowest BCUT2D eigenvalue weighted by molar-refractivity contribution is -0.130. The highest BCUT2D eigenvalue weighted by Crippen LogP contribution is 2.25. The van der Waals surface area contributed by atoms with Crippen LogP contribution in [0.4, 0.5) is 0 Å². The maximum Gasteiger partial charge on any atom is 0.335 e. The Morgan fingerprint density at radius 3 is 2.55 bits per heavy atom. The van der Waals surface area contributed by atoms with Crippen molar-refractivity contribution < 1.29 is 19.4 Å². The molecule has 0 amide bonds. The number of hydrogen-bond donors (Lipinski definition) is 1. The SMILES string of the molecule is C=C(C(=O)O)c1ccccc1OCOCC[Si](C)(C)C. The Balaban J connectivity index is 2.52. The van der Waals surface area contributed by atoms with Crippen molar-refractivity contribution in [3.63, 3.8) is 0 Å². The first-order chi connectivity index (χ1) is 9.31. The van der Waals surface area contributed by atoms with Gasteiger partial charge in [0.25, 0.3) is 0 Å². The number of carboxylic acids is 1. The van der Waals surface area contributed by atoms with Gasteiger partial charge in [0.1, 0.15) is 5.75 Å². The van der Waals surface area contributed by atoms with Gasteiger partial charge < -0.3 is 14.6 Å². The Morgan fingerprint density at radius 2 is 1.95 bits per heavy atom. The number of hydrogen-bond acceptors (Lipinski definition) is 3. The molecule has 0 saturated heterocycles. The van der Waals surface area contributed by atoms with Crippen LogP contribution in [0.3, 0.4) is 0 Å². The molecule has 1 rings (SSSR count). The maximum absolute atomic E-state index is 11.0. The number of carbonyl (C=O) groups is 1. The zero-order valence-corrected chi connectivity index (χ0v) is 13.3. The Hall–Kier alpha value is -1.59. The van der Waals surface area contributed by atoms with Crippen LogP contribution in [0, 0.1) is 0 Å². The fourth-order valence-corrected chi connectivity index (χ4v) is 2.26. The molecule has 0 aromatic heterocycles. The van der Waals surface area contributed by atoms with Crippen LogP contribution in [0.15, 0.2) is 30.8 Å². The van der Waals surface area contributed by atoms with E-state index in [0.29, 0.717) is 17.9 Å². The molecule has 0 aliphatic rings. The molecule has 0 bridgehead atoms. The molecule has 0 aliphatic heterocycles. The van der Waals surface area contributed by atoms with Crippen LogP contribution in [0.25, 0.3) is 5.57 Å². The van der Waals surface area contributed by atoms with Gasteiger partial charge in [0.15, 0.2) is 6.79 Å². The number of aliphatic carboxylic acids is 1. The molecule has 0 unspecified atom stereocenters. The van der Waals surface area contributed by atoms with Gasteiger partial charge >= 0.3 is 5.97 Å². The summed E-state index contributed by atoms with van der Waals surface area (Å²) in [4.78, 5) is 11.0. The van der Waals surface area contributed by atoms with Crippen LogP contribution in [-0.2, 0) is 9.53 Å². The van der Waals surface area contributed by atoms with Crippen molar-refractivity contribution in [3.8, 4) is 5.75 Å². The van der Waals surface area contributed by atoms with Crippen molar-refractivity contribution in [2.75, 3.05) is 13.4 Å². The van der Waals surface area contributed by atoms with E-state index < -0.39 is 14.0 Å². The molecule has 0 fully saturated rings. The van der Waals surface area contributed by atoms with Crippen LogP contribution < -0.4 is 4.74 Å². The van der Waals surface area contributed by atoms with Crippen LogP contribution in [0.1, 0.15) is 5.56 Å². The van der Waals surface area contributed by atoms with Gasteiger partial charge in [-0.3, -0.25) is 0 Å². The summed E-state index contributed by atoms with van der Waals surface area (Å²) in [6.07, 6.45) is 0. The summed E-state index contributed by atoms with van der Waals surface area (Å²) in [7, 11) is -1.10. The lowest BCUT2D eigenvalue weighted by Gasteiger charge is -2.16. The molecule has 20 heavy (non-hydrogen) atoms. The number of benzene rings is 1. The second kappa shape index (κ2) is 7.26. The highest BCUT2D eigenvalue weighted by Gasteiger charge is 2.14. The minimum atomic E-state index is -1.10. The fraction of sp³-hybridized carbons (Fsp3) is 0.400. The predicted molar refractivity (Wildman–Crippen MR) is 82.7 cm³/mol. The van der Waals surface area contributed by atoms with Gasteiger partial charge in [-0.15, -0.1) is 0 Å². The third kappa shape index (κ3) is 5.58. The fourth-order valence-electron chi connectivity index (χ4n) is 1.50. The standard InChI is InChI=1S/C15H22O4Si/c1-12(15(16)17)13-7-5-6-8-14(13)19-11-18-9-10-20(2,3)4/h5-8H,1,9-11H2,2-4H3,(H,16,17). The van der Waals surface area contributed by atoms with Gasteiger partial charge in [-0.2, -0.15) is 0 Å². The van der Waals surface area contributed by atoms with Crippen molar-refractivity contribution in [3.05, 3.63) is 36.4 Å². The first kappa shape index (κ1) is 16.5. The molecule has 1 N–H and O–H groups in total. The average molecular weight is 294 g/mol. The van der Waals surface area contributed by atoms with Gasteiger partial charge in [0.2, 0.25) is 0 Å². The highest BCUT2D eigenvalue weighted by atomic mass is 28.3. The van der Waals surface area contributed by atoms with E-state index in [1.807, 2.05) is 0 Å². The normalized spacial score (nSPS) is 11.2. The second-order valence-corrected chi connectivity index (χ2v) is 11.4. The summed E-state index contributed by atoms with van der Waals surface area (Å²) >= 11 is 0. The third-order valence-electron chi connectivity index (χ3n) is 2.76. The smallest absolute Gasteiger partial charge is 0.335 e. The lowest BCUT2D eigenvalue weighted by atomic mass is 10.1. The minimum Gasteiger partial charge on any atom is -0.478 e. The van der Waals surface area contributed by atoms with E-state index in [-0.39, 0.29) is 12.4 Å². The van der Waals surface area contributed by atoms with Gasteiger partial charge in [-0.05, 0) is 12.1 Å². The first-order valence-corrected chi connectivity index (χ1v) is 10.2. The Kier molecular flexibility index (Phi) is 5.97. The second-order valence-electron chi connectivity index (χ2n) is 5.76. The molecule has 0 aliphatic carbocycles. The Morgan fingerprint density at radius 1 is 1.30 bits per heavy atom. The summed E-state index contributed by atoms with van der Waals surface area (Å²) in [5.74, 6) is -0.575. The lowest BCUT2D eigenvalue weighted by Crippen LogP contribution is -2.22. The molecule has 0 atom stereocenters. The molecule has 0 spiro atoms. The molecule has 0 heterocycles. The van der Waals surface area contributed by atoms with E-state index in [1.54, 1.807) is 24.3 Å². The maximum atomic E-state index is 11.0. The predicted octanol–water partition coefficient (Wildman–Crippen LogP) is 3.48. The largest absolute Gasteiger partial charge is 0.478 e. The molecule has 0 radical (unpaired) electrons. The van der Waals surface area contributed by atoms with E-state index in [4.69, 9.17) is 14.6 Å². The number of carboxylic acid groups (broad SMARTS) is 1. The summed E-state index contributed by atoms with van der Waals surface area (Å²) in [5, 5.41) is 8.98. The van der Waals surface area contributed by atoms with Crippen molar-refractivity contribution in [2.24, 2.45) is 0 Å². The minimum absolute atomic E-state index is 0.0164. The van der Waals surface area contributed by atoms with E-state index in [9.17, 15) is 4.79 Å². The van der Waals surface area contributed by atoms with Gasteiger partial charge in [0, 0.05) is 20.2 Å². The van der Waals surface area contributed by atoms with Crippen molar-refractivity contribution >= 4 is 19.6 Å². The Bertz CT molecular complexity index is 477. The van der Waals surface area contributed by atoms with Gasteiger partial charge in [-0.25, -0.2) is 4.79 Å². The van der Waals surface area contributed by atoms with Crippen molar-refractivity contribution in [1.29, 1.82) is 0 Å². The first-order valence-electron chi connectivity index (χ1n) is 6.53. The molecule has 4 nitrogen and oxygen atoms in total. The quantitative estimate of drug-likeness (QED) is 0.345. The molecular weight excluding hydrogens is 272 g/mol. The van der Waals surface area contributed by atoms with Crippen LogP contribution in [0.2, 0.25) is 25.7 Å². The van der Waals surface area contributed by atoms with E-state index in [2.05, 4.69) is 26.2 Å².